The molecule has 1 atom stereocenters. The fourth-order valence-electron chi connectivity index (χ4n) is 1.05. The maximum absolute atomic E-state index is 5.84. The Hall–Kier alpha value is -0.890. The first-order chi connectivity index (χ1) is 5.34. The summed E-state index contributed by atoms with van der Waals surface area (Å²) < 4.78 is 0. The summed E-state index contributed by atoms with van der Waals surface area (Å²) in [6.07, 6.45) is 3.90. The van der Waals surface area contributed by atoms with E-state index in [0.29, 0.717) is 0 Å². The van der Waals surface area contributed by atoms with Gasteiger partial charge in [0.2, 0.25) is 0 Å². The van der Waals surface area contributed by atoms with Gasteiger partial charge in [0, 0.05) is 12.2 Å². The second-order valence-corrected chi connectivity index (χ2v) is 2.65. The molecule has 11 heavy (non-hydrogen) atoms. The van der Waals surface area contributed by atoms with Crippen LogP contribution in [0.15, 0.2) is 24.4 Å². The lowest BCUT2D eigenvalue weighted by molar-refractivity contribution is 0.622. The molecular weight excluding hydrogens is 136 g/mol. The average Bonchev–Trinajstić information content (AvgIpc) is 2.07. The number of hydrogen-bond acceptors (Lipinski definition) is 2. The molecule has 0 saturated carbocycles. The SMILES string of the molecule is CCC[C@H](N)c1ccccn1. The van der Waals surface area contributed by atoms with Crippen LogP contribution in [-0.4, -0.2) is 4.98 Å². The van der Waals surface area contributed by atoms with E-state index in [9.17, 15) is 0 Å². The number of aromatic nitrogens is 1. The van der Waals surface area contributed by atoms with Gasteiger partial charge in [-0.05, 0) is 18.6 Å². The molecule has 1 aromatic heterocycles. The van der Waals surface area contributed by atoms with Crippen molar-refractivity contribution in [3.63, 3.8) is 0 Å². The molecule has 1 heterocycles. The molecule has 2 nitrogen and oxygen atoms in total. The van der Waals surface area contributed by atoms with Crippen LogP contribution in [0.25, 0.3) is 0 Å². The molecule has 0 bridgehead atoms. The molecule has 0 amide bonds. The van der Waals surface area contributed by atoms with Gasteiger partial charge in [0.25, 0.3) is 0 Å². The predicted molar refractivity (Wildman–Crippen MR) is 46.1 cm³/mol. The Morgan fingerprint density at radius 2 is 2.36 bits per heavy atom. The molecular formula is C9H14N2. The van der Waals surface area contributed by atoms with Gasteiger partial charge in [0.05, 0.1) is 5.69 Å². The summed E-state index contributed by atoms with van der Waals surface area (Å²) in [5.41, 5.74) is 6.84. The number of pyridine rings is 1. The molecule has 0 fully saturated rings. The number of nitrogens with zero attached hydrogens (tertiary/aromatic N) is 1. The number of rotatable bonds is 3. The average molecular weight is 150 g/mol. The van der Waals surface area contributed by atoms with Gasteiger partial charge >= 0.3 is 0 Å². The first-order valence-electron chi connectivity index (χ1n) is 4.01. The summed E-state index contributed by atoms with van der Waals surface area (Å²) in [5.74, 6) is 0. The van der Waals surface area contributed by atoms with Gasteiger partial charge in [-0.25, -0.2) is 0 Å². The van der Waals surface area contributed by atoms with Crippen molar-refractivity contribution in [3.8, 4) is 0 Å². The molecule has 0 aromatic carbocycles. The molecule has 0 aliphatic carbocycles. The maximum atomic E-state index is 5.84. The number of hydrogen-bond donors (Lipinski definition) is 1. The summed E-state index contributed by atoms with van der Waals surface area (Å²) in [6.45, 7) is 2.13. The van der Waals surface area contributed by atoms with E-state index in [1.807, 2.05) is 18.2 Å². The highest BCUT2D eigenvalue weighted by Crippen LogP contribution is 2.11. The van der Waals surface area contributed by atoms with Crippen molar-refractivity contribution in [2.75, 3.05) is 0 Å². The largest absolute Gasteiger partial charge is 0.323 e. The summed E-state index contributed by atoms with van der Waals surface area (Å²) in [5, 5.41) is 0. The van der Waals surface area contributed by atoms with E-state index in [0.717, 1.165) is 18.5 Å². The Morgan fingerprint density at radius 1 is 1.55 bits per heavy atom. The molecule has 0 unspecified atom stereocenters. The van der Waals surface area contributed by atoms with Crippen molar-refractivity contribution in [3.05, 3.63) is 30.1 Å². The smallest absolute Gasteiger partial charge is 0.0570 e. The molecule has 0 radical (unpaired) electrons. The van der Waals surface area contributed by atoms with E-state index >= 15 is 0 Å². The van der Waals surface area contributed by atoms with Crippen molar-refractivity contribution in [2.24, 2.45) is 5.73 Å². The van der Waals surface area contributed by atoms with Crippen molar-refractivity contribution in [1.29, 1.82) is 0 Å². The molecule has 1 rings (SSSR count). The summed E-state index contributed by atoms with van der Waals surface area (Å²) in [6, 6.07) is 5.96. The lowest BCUT2D eigenvalue weighted by Crippen LogP contribution is -2.10. The van der Waals surface area contributed by atoms with Crippen LogP contribution in [0.1, 0.15) is 31.5 Å². The van der Waals surface area contributed by atoms with Crippen LogP contribution in [0.5, 0.6) is 0 Å². The molecule has 60 valence electrons. The number of nitrogens with two attached hydrogens (primary N) is 1. The van der Waals surface area contributed by atoms with Crippen LogP contribution in [0, 0.1) is 0 Å². The van der Waals surface area contributed by atoms with E-state index in [2.05, 4.69) is 11.9 Å². The molecule has 0 spiro atoms. The second kappa shape index (κ2) is 4.09. The highest BCUT2D eigenvalue weighted by molar-refractivity contribution is 5.07. The summed E-state index contributed by atoms with van der Waals surface area (Å²) in [4.78, 5) is 4.17. The quantitative estimate of drug-likeness (QED) is 0.714. The third-order valence-corrected chi connectivity index (χ3v) is 1.67. The fourth-order valence-corrected chi connectivity index (χ4v) is 1.05. The zero-order valence-electron chi connectivity index (χ0n) is 6.83. The van der Waals surface area contributed by atoms with Gasteiger partial charge in [-0.2, -0.15) is 0 Å². The summed E-state index contributed by atoms with van der Waals surface area (Å²) >= 11 is 0. The van der Waals surface area contributed by atoms with Crippen LogP contribution < -0.4 is 5.73 Å². The van der Waals surface area contributed by atoms with E-state index in [1.165, 1.54) is 0 Å². The van der Waals surface area contributed by atoms with E-state index in [4.69, 9.17) is 5.73 Å². The third-order valence-electron chi connectivity index (χ3n) is 1.67. The minimum atomic E-state index is 0.112. The topological polar surface area (TPSA) is 38.9 Å². The molecule has 0 saturated heterocycles. The molecule has 1 aromatic rings. The Kier molecular flexibility index (Phi) is 3.05. The van der Waals surface area contributed by atoms with Crippen molar-refractivity contribution in [2.45, 2.75) is 25.8 Å². The Labute approximate surface area is 67.5 Å². The Balaban J connectivity index is 2.61. The zero-order chi connectivity index (χ0) is 8.10. The Bertz CT molecular complexity index is 196. The van der Waals surface area contributed by atoms with Crippen LogP contribution in [-0.2, 0) is 0 Å². The molecule has 2 N–H and O–H groups in total. The minimum absolute atomic E-state index is 0.112. The van der Waals surface area contributed by atoms with Gasteiger partial charge in [-0.3, -0.25) is 4.98 Å². The van der Waals surface area contributed by atoms with Gasteiger partial charge in [-0.1, -0.05) is 19.4 Å². The zero-order valence-corrected chi connectivity index (χ0v) is 6.83. The lowest BCUT2D eigenvalue weighted by atomic mass is 10.1. The van der Waals surface area contributed by atoms with Crippen LogP contribution in [0.2, 0.25) is 0 Å². The van der Waals surface area contributed by atoms with Crippen LogP contribution in [0.4, 0.5) is 0 Å². The molecule has 0 aliphatic heterocycles. The van der Waals surface area contributed by atoms with E-state index in [-0.39, 0.29) is 6.04 Å². The lowest BCUT2D eigenvalue weighted by Gasteiger charge is -2.07. The monoisotopic (exact) mass is 150 g/mol. The third kappa shape index (κ3) is 2.31. The van der Waals surface area contributed by atoms with Crippen LogP contribution in [0.3, 0.4) is 0 Å². The van der Waals surface area contributed by atoms with Gasteiger partial charge in [0.1, 0.15) is 0 Å². The van der Waals surface area contributed by atoms with Gasteiger partial charge in [0.15, 0.2) is 0 Å². The van der Waals surface area contributed by atoms with Crippen molar-refractivity contribution < 1.29 is 0 Å². The normalized spacial score (nSPS) is 12.9. The molecule has 2 heteroatoms. The van der Waals surface area contributed by atoms with Crippen molar-refractivity contribution in [1.82, 2.24) is 4.98 Å². The maximum Gasteiger partial charge on any atom is 0.0570 e. The highest BCUT2D eigenvalue weighted by Gasteiger charge is 2.03. The first-order valence-corrected chi connectivity index (χ1v) is 4.01. The fraction of sp³-hybridized carbons (Fsp3) is 0.444. The second-order valence-electron chi connectivity index (χ2n) is 2.65. The van der Waals surface area contributed by atoms with Gasteiger partial charge in [-0.15, -0.1) is 0 Å². The predicted octanol–water partition coefficient (Wildman–Crippen LogP) is 1.88. The van der Waals surface area contributed by atoms with Gasteiger partial charge < -0.3 is 5.73 Å². The minimum Gasteiger partial charge on any atom is -0.323 e. The summed E-state index contributed by atoms with van der Waals surface area (Å²) in [7, 11) is 0. The van der Waals surface area contributed by atoms with Crippen LogP contribution >= 0.6 is 0 Å². The van der Waals surface area contributed by atoms with E-state index in [1.54, 1.807) is 6.20 Å². The van der Waals surface area contributed by atoms with E-state index < -0.39 is 0 Å². The van der Waals surface area contributed by atoms with Crippen molar-refractivity contribution >= 4 is 0 Å². The first kappa shape index (κ1) is 8.21. The highest BCUT2D eigenvalue weighted by atomic mass is 14.8. The Morgan fingerprint density at radius 3 is 2.91 bits per heavy atom. The standard InChI is InChI=1S/C9H14N2/c1-2-5-8(10)9-6-3-4-7-11-9/h3-4,6-8H,2,5,10H2,1H3/t8-/m0/s1. The molecule has 0 aliphatic rings.